The van der Waals surface area contributed by atoms with Gasteiger partial charge in [-0.2, -0.15) is 0 Å². The van der Waals surface area contributed by atoms with Crippen LogP contribution < -0.4 is 4.74 Å². The summed E-state index contributed by atoms with van der Waals surface area (Å²) >= 11 is 0. The SMILES string of the molecule is CC(C)OCCCN1C(=O)C(=O)/C(=C(\O)c2ccc(OC(C)C)cc2)C1c1ccncc1. The Kier molecular flexibility index (Phi) is 7.64. The summed E-state index contributed by atoms with van der Waals surface area (Å²) < 4.78 is 11.2. The molecule has 0 spiro atoms. The van der Waals surface area contributed by atoms with Crippen molar-refractivity contribution in [2.75, 3.05) is 13.2 Å². The molecule has 1 aliphatic heterocycles. The minimum Gasteiger partial charge on any atom is -0.507 e. The number of aliphatic hydroxyl groups excluding tert-OH is 1. The number of aromatic nitrogens is 1. The van der Waals surface area contributed by atoms with E-state index in [9.17, 15) is 14.7 Å². The average molecular weight is 439 g/mol. The smallest absolute Gasteiger partial charge is 0.295 e. The van der Waals surface area contributed by atoms with Crippen molar-refractivity contribution in [2.45, 2.75) is 52.4 Å². The predicted molar refractivity (Wildman–Crippen MR) is 121 cm³/mol. The third kappa shape index (κ3) is 5.34. The highest BCUT2D eigenvalue weighted by Crippen LogP contribution is 2.39. The van der Waals surface area contributed by atoms with Crippen molar-refractivity contribution in [3.05, 3.63) is 65.5 Å². The van der Waals surface area contributed by atoms with Gasteiger partial charge in [0, 0.05) is 31.1 Å². The Balaban J connectivity index is 1.96. The second kappa shape index (κ2) is 10.4. The lowest BCUT2D eigenvalue weighted by Gasteiger charge is -2.25. The Morgan fingerprint density at radius 1 is 1.03 bits per heavy atom. The van der Waals surface area contributed by atoms with Gasteiger partial charge in [0.25, 0.3) is 11.7 Å². The highest BCUT2D eigenvalue weighted by atomic mass is 16.5. The van der Waals surface area contributed by atoms with Crippen LogP contribution in [0.4, 0.5) is 0 Å². The molecule has 1 N–H and O–H groups in total. The van der Waals surface area contributed by atoms with Gasteiger partial charge in [-0.05, 0) is 76.1 Å². The summed E-state index contributed by atoms with van der Waals surface area (Å²) in [6.45, 7) is 8.55. The maximum absolute atomic E-state index is 13.0. The Hall–Kier alpha value is -3.19. The van der Waals surface area contributed by atoms with E-state index < -0.39 is 17.7 Å². The molecule has 0 saturated carbocycles. The van der Waals surface area contributed by atoms with Crippen LogP contribution in [0.15, 0.2) is 54.4 Å². The van der Waals surface area contributed by atoms with Gasteiger partial charge in [-0.25, -0.2) is 0 Å². The first kappa shape index (κ1) is 23.5. The molecule has 7 heteroatoms. The maximum Gasteiger partial charge on any atom is 0.295 e. The quantitative estimate of drug-likeness (QED) is 0.274. The molecule has 1 atom stereocenters. The minimum absolute atomic E-state index is 0.0196. The van der Waals surface area contributed by atoms with Crippen LogP contribution in [0.1, 0.15) is 51.3 Å². The number of hydrogen-bond acceptors (Lipinski definition) is 6. The maximum atomic E-state index is 13.0. The largest absolute Gasteiger partial charge is 0.507 e. The standard InChI is InChI=1S/C25H30N2O5/c1-16(2)31-15-5-14-27-22(18-10-12-26-13-11-18)21(24(29)25(27)30)23(28)19-6-8-20(9-7-19)32-17(3)4/h6-13,16-17,22,28H,5,14-15H2,1-4H3/b23-21-. The first-order valence-corrected chi connectivity index (χ1v) is 10.9. The van der Waals surface area contributed by atoms with E-state index in [0.29, 0.717) is 36.4 Å². The fraction of sp³-hybridized carbons (Fsp3) is 0.400. The normalized spacial score (nSPS) is 18.1. The summed E-state index contributed by atoms with van der Waals surface area (Å²) in [7, 11) is 0. The highest BCUT2D eigenvalue weighted by Gasteiger charge is 2.45. The fourth-order valence-corrected chi connectivity index (χ4v) is 3.68. The van der Waals surface area contributed by atoms with Crippen molar-refractivity contribution in [2.24, 2.45) is 0 Å². The van der Waals surface area contributed by atoms with Crippen LogP contribution in [0, 0.1) is 0 Å². The number of ether oxygens (including phenoxy) is 2. The van der Waals surface area contributed by atoms with Gasteiger partial charge in [0.2, 0.25) is 0 Å². The van der Waals surface area contributed by atoms with Crippen LogP contribution >= 0.6 is 0 Å². The summed E-state index contributed by atoms with van der Waals surface area (Å²) in [5.41, 5.74) is 1.23. The number of rotatable bonds is 9. The fourth-order valence-electron chi connectivity index (χ4n) is 3.68. The number of nitrogens with zero attached hydrogens (tertiary/aromatic N) is 2. The number of Topliss-reactive ketones (excluding diaryl/α,β-unsaturated/α-hetero) is 1. The summed E-state index contributed by atoms with van der Waals surface area (Å²) in [5.74, 6) is -0.871. The summed E-state index contributed by atoms with van der Waals surface area (Å²) in [6.07, 6.45) is 3.90. The third-order valence-corrected chi connectivity index (χ3v) is 5.06. The second-order valence-corrected chi connectivity index (χ2v) is 8.24. The lowest BCUT2D eigenvalue weighted by molar-refractivity contribution is -0.140. The van der Waals surface area contributed by atoms with E-state index in [1.807, 2.05) is 27.7 Å². The number of amides is 1. The molecule has 1 saturated heterocycles. The van der Waals surface area contributed by atoms with Crippen molar-refractivity contribution < 1.29 is 24.2 Å². The zero-order valence-electron chi connectivity index (χ0n) is 18.9. The van der Waals surface area contributed by atoms with Crippen molar-refractivity contribution in [3.8, 4) is 5.75 Å². The Morgan fingerprint density at radius 2 is 1.69 bits per heavy atom. The van der Waals surface area contributed by atoms with E-state index in [2.05, 4.69) is 4.98 Å². The van der Waals surface area contributed by atoms with Crippen molar-refractivity contribution >= 4 is 17.4 Å². The van der Waals surface area contributed by atoms with Crippen LogP contribution in [0.3, 0.4) is 0 Å². The molecule has 1 fully saturated rings. The molecule has 1 aromatic carbocycles. The number of pyridine rings is 1. The van der Waals surface area contributed by atoms with E-state index in [-0.39, 0.29) is 23.5 Å². The van der Waals surface area contributed by atoms with Crippen LogP contribution in [0.25, 0.3) is 5.76 Å². The van der Waals surface area contributed by atoms with Gasteiger partial charge >= 0.3 is 0 Å². The molecule has 1 amide bonds. The average Bonchev–Trinajstić information content (AvgIpc) is 3.01. The Labute approximate surface area is 188 Å². The second-order valence-electron chi connectivity index (χ2n) is 8.24. The number of carbonyl (C=O) groups excluding carboxylic acids is 2. The van der Waals surface area contributed by atoms with Gasteiger partial charge in [-0.15, -0.1) is 0 Å². The zero-order valence-corrected chi connectivity index (χ0v) is 18.9. The molecule has 32 heavy (non-hydrogen) atoms. The molecule has 0 bridgehead atoms. The first-order valence-electron chi connectivity index (χ1n) is 10.9. The topological polar surface area (TPSA) is 89.0 Å². The molecule has 1 aliphatic rings. The lowest BCUT2D eigenvalue weighted by Crippen LogP contribution is -2.31. The lowest BCUT2D eigenvalue weighted by atomic mass is 9.96. The van der Waals surface area contributed by atoms with Gasteiger partial charge in [-0.1, -0.05) is 0 Å². The predicted octanol–water partition coefficient (Wildman–Crippen LogP) is 4.11. The molecule has 2 heterocycles. The molecule has 1 aromatic heterocycles. The van der Waals surface area contributed by atoms with Gasteiger partial charge in [-0.3, -0.25) is 14.6 Å². The van der Waals surface area contributed by atoms with Crippen LogP contribution in [0.2, 0.25) is 0 Å². The molecule has 3 rings (SSSR count). The third-order valence-electron chi connectivity index (χ3n) is 5.06. The number of likely N-dealkylation sites (tertiary alicyclic amines) is 1. The molecule has 2 aromatic rings. The Morgan fingerprint density at radius 3 is 2.28 bits per heavy atom. The summed E-state index contributed by atoms with van der Waals surface area (Å²) in [5, 5.41) is 11.1. The molecule has 170 valence electrons. The first-order chi connectivity index (χ1) is 15.3. The van der Waals surface area contributed by atoms with Crippen molar-refractivity contribution in [3.63, 3.8) is 0 Å². The number of carbonyl (C=O) groups is 2. The summed E-state index contributed by atoms with van der Waals surface area (Å²) in [4.78, 5) is 31.4. The highest BCUT2D eigenvalue weighted by molar-refractivity contribution is 6.46. The number of hydrogen-bond donors (Lipinski definition) is 1. The molecule has 7 nitrogen and oxygen atoms in total. The van der Waals surface area contributed by atoms with Crippen molar-refractivity contribution in [1.29, 1.82) is 0 Å². The molecule has 1 unspecified atom stereocenters. The molecular weight excluding hydrogens is 408 g/mol. The van der Waals surface area contributed by atoms with Crippen LogP contribution in [-0.2, 0) is 14.3 Å². The van der Waals surface area contributed by atoms with E-state index in [0.717, 1.165) is 0 Å². The van der Waals surface area contributed by atoms with Crippen LogP contribution in [0.5, 0.6) is 5.75 Å². The minimum atomic E-state index is -0.698. The van der Waals surface area contributed by atoms with E-state index in [1.165, 1.54) is 4.90 Å². The van der Waals surface area contributed by atoms with Gasteiger partial charge in [0.1, 0.15) is 11.5 Å². The molecule has 0 radical (unpaired) electrons. The zero-order chi connectivity index (χ0) is 23.3. The van der Waals surface area contributed by atoms with Gasteiger partial charge in [0.15, 0.2) is 0 Å². The number of ketones is 1. The summed E-state index contributed by atoms with van der Waals surface area (Å²) in [6, 6.07) is 9.64. The van der Waals surface area contributed by atoms with E-state index in [1.54, 1.807) is 48.8 Å². The van der Waals surface area contributed by atoms with E-state index >= 15 is 0 Å². The number of aliphatic hydroxyl groups is 1. The Bertz CT molecular complexity index is 968. The van der Waals surface area contributed by atoms with Crippen molar-refractivity contribution in [1.82, 2.24) is 9.88 Å². The van der Waals surface area contributed by atoms with E-state index in [4.69, 9.17) is 9.47 Å². The van der Waals surface area contributed by atoms with Gasteiger partial charge in [0.05, 0.1) is 23.8 Å². The van der Waals surface area contributed by atoms with Crippen LogP contribution in [-0.4, -0.2) is 52.0 Å². The molecule has 0 aliphatic carbocycles. The van der Waals surface area contributed by atoms with Gasteiger partial charge < -0.3 is 19.5 Å². The molecular formula is C25H30N2O5. The number of benzene rings is 1. The monoisotopic (exact) mass is 438 g/mol.